The molecule has 0 unspecified atom stereocenters. The van der Waals surface area contributed by atoms with Crippen LogP contribution in [0.25, 0.3) is 0 Å². The van der Waals surface area contributed by atoms with E-state index in [4.69, 9.17) is 4.74 Å². The Morgan fingerprint density at radius 2 is 1.79 bits per heavy atom. The van der Waals surface area contributed by atoms with E-state index in [9.17, 15) is 14.4 Å². The van der Waals surface area contributed by atoms with Crippen molar-refractivity contribution in [3.63, 3.8) is 0 Å². The van der Waals surface area contributed by atoms with Crippen LogP contribution < -0.4 is 0 Å². The molecule has 7 heteroatoms. The largest absolute Gasteiger partial charge is 0.454 e. The molecule has 6 nitrogen and oxygen atoms in total. The smallest absolute Gasteiger partial charge is 0.339 e. The first-order valence-corrected chi connectivity index (χ1v) is 10.0. The van der Waals surface area contributed by atoms with Crippen molar-refractivity contribution in [1.29, 1.82) is 0 Å². The molecule has 0 N–H and O–H groups in total. The van der Waals surface area contributed by atoms with Gasteiger partial charge in [-0.05, 0) is 39.0 Å². The Morgan fingerprint density at radius 3 is 2.39 bits per heavy atom. The summed E-state index contributed by atoms with van der Waals surface area (Å²) in [5, 5.41) is 0. The van der Waals surface area contributed by atoms with Crippen molar-refractivity contribution in [2.75, 3.05) is 26.5 Å². The van der Waals surface area contributed by atoms with Crippen molar-refractivity contribution in [2.24, 2.45) is 0 Å². The summed E-state index contributed by atoms with van der Waals surface area (Å²) in [4.78, 5) is 39.0. The van der Waals surface area contributed by atoms with Crippen LogP contribution in [0.2, 0.25) is 0 Å². The molecule has 0 atom stereocenters. The average molecular weight is 403 g/mol. The number of carbonyl (C=O) groups excluding carboxylic acids is 3. The number of hydrogen-bond acceptors (Lipinski definition) is 5. The average Bonchev–Trinajstić information content (AvgIpc) is 2.97. The van der Waals surface area contributed by atoms with Gasteiger partial charge in [-0.15, -0.1) is 11.8 Å². The Labute approximate surface area is 169 Å². The third-order valence-corrected chi connectivity index (χ3v) is 5.54. The number of nitrogens with zero attached hydrogens (tertiary/aromatic N) is 2. The first-order chi connectivity index (χ1) is 13.3. The highest BCUT2D eigenvalue weighted by molar-refractivity contribution is 8.00. The Balaban J connectivity index is 2.05. The highest BCUT2D eigenvalue weighted by Gasteiger charge is 2.19. The molecule has 2 aromatic rings. The quantitative estimate of drug-likeness (QED) is 0.385. The van der Waals surface area contributed by atoms with Gasteiger partial charge in [0.1, 0.15) is 0 Å². The topological polar surface area (TPSA) is 68.6 Å². The minimum Gasteiger partial charge on any atom is -0.454 e. The standard InChI is InChI=1S/C21H26N2O4S/c1-6-23-14(2)11-17(15(23)3)18(24)12-27-21(26)16-9-7-8-10-19(16)28-13-20(25)22(4)5/h7-11H,6,12-13H2,1-5H3. The summed E-state index contributed by atoms with van der Waals surface area (Å²) < 4.78 is 7.31. The molecule has 1 heterocycles. The van der Waals surface area contributed by atoms with Gasteiger partial charge in [0, 0.05) is 42.5 Å². The monoisotopic (exact) mass is 402 g/mol. The lowest BCUT2D eigenvalue weighted by atomic mass is 10.1. The zero-order chi connectivity index (χ0) is 20.8. The van der Waals surface area contributed by atoms with Gasteiger partial charge in [0.05, 0.1) is 11.3 Å². The van der Waals surface area contributed by atoms with Crippen molar-refractivity contribution in [1.82, 2.24) is 9.47 Å². The highest BCUT2D eigenvalue weighted by Crippen LogP contribution is 2.24. The van der Waals surface area contributed by atoms with Gasteiger partial charge in [0.25, 0.3) is 0 Å². The second kappa shape index (κ2) is 9.59. The molecule has 0 spiro atoms. The van der Waals surface area contributed by atoms with Crippen molar-refractivity contribution < 1.29 is 19.1 Å². The maximum atomic E-state index is 12.5. The number of esters is 1. The fraction of sp³-hybridized carbons (Fsp3) is 0.381. The normalized spacial score (nSPS) is 10.6. The van der Waals surface area contributed by atoms with Crippen LogP contribution in [0.4, 0.5) is 0 Å². The van der Waals surface area contributed by atoms with Crippen LogP contribution in [-0.2, 0) is 16.1 Å². The molecule has 1 aromatic carbocycles. The van der Waals surface area contributed by atoms with Crippen molar-refractivity contribution >= 4 is 29.4 Å². The van der Waals surface area contributed by atoms with Gasteiger partial charge in [-0.25, -0.2) is 4.79 Å². The molecular formula is C21H26N2O4S. The predicted molar refractivity (Wildman–Crippen MR) is 110 cm³/mol. The summed E-state index contributed by atoms with van der Waals surface area (Å²) in [6.45, 7) is 6.31. The van der Waals surface area contributed by atoms with Gasteiger partial charge in [-0.3, -0.25) is 9.59 Å². The van der Waals surface area contributed by atoms with E-state index in [1.165, 1.54) is 16.7 Å². The molecule has 0 radical (unpaired) electrons. The SMILES string of the molecule is CCn1c(C)cc(C(=O)COC(=O)c2ccccc2SCC(=O)N(C)C)c1C. The lowest BCUT2D eigenvalue weighted by Crippen LogP contribution is -2.23. The van der Waals surface area contributed by atoms with Crippen molar-refractivity contribution in [2.45, 2.75) is 32.2 Å². The van der Waals surface area contributed by atoms with E-state index in [2.05, 4.69) is 0 Å². The zero-order valence-corrected chi connectivity index (χ0v) is 17.8. The summed E-state index contributed by atoms with van der Waals surface area (Å²) in [6, 6.07) is 8.75. The molecule has 0 saturated heterocycles. The Kier molecular flexibility index (Phi) is 7.45. The number of aromatic nitrogens is 1. The van der Waals surface area contributed by atoms with E-state index in [0.717, 1.165) is 17.9 Å². The molecule has 0 aliphatic heterocycles. The number of hydrogen-bond donors (Lipinski definition) is 0. The van der Waals surface area contributed by atoms with Gasteiger partial charge in [-0.1, -0.05) is 12.1 Å². The second-order valence-electron chi connectivity index (χ2n) is 6.60. The third-order valence-electron chi connectivity index (χ3n) is 4.48. The number of thioether (sulfide) groups is 1. The Bertz CT molecular complexity index is 887. The minimum atomic E-state index is -0.571. The third kappa shape index (κ3) is 5.04. The van der Waals surface area contributed by atoms with Crippen LogP contribution in [-0.4, -0.2) is 53.6 Å². The van der Waals surface area contributed by atoms with Gasteiger partial charge >= 0.3 is 5.97 Å². The van der Waals surface area contributed by atoms with Crippen LogP contribution in [0, 0.1) is 13.8 Å². The molecule has 150 valence electrons. The van der Waals surface area contributed by atoms with Crippen LogP contribution in [0.1, 0.15) is 39.0 Å². The summed E-state index contributed by atoms with van der Waals surface area (Å²) in [6.07, 6.45) is 0. The molecule has 0 fully saturated rings. The summed E-state index contributed by atoms with van der Waals surface area (Å²) in [5.41, 5.74) is 2.80. The highest BCUT2D eigenvalue weighted by atomic mass is 32.2. The van der Waals surface area contributed by atoms with E-state index >= 15 is 0 Å². The number of ether oxygens (including phenoxy) is 1. The maximum absolute atomic E-state index is 12.5. The molecule has 0 aliphatic carbocycles. The van der Waals surface area contributed by atoms with Gasteiger partial charge in [-0.2, -0.15) is 0 Å². The van der Waals surface area contributed by atoms with Crippen LogP contribution in [0.3, 0.4) is 0 Å². The van der Waals surface area contributed by atoms with E-state index < -0.39 is 5.97 Å². The fourth-order valence-corrected chi connectivity index (χ4v) is 3.91. The predicted octanol–water partition coefficient (Wildman–Crippen LogP) is 3.34. The van der Waals surface area contributed by atoms with Crippen molar-refractivity contribution in [3.05, 3.63) is 52.8 Å². The van der Waals surface area contributed by atoms with E-state index in [1.807, 2.05) is 31.4 Å². The maximum Gasteiger partial charge on any atom is 0.339 e. The molecule has 0 bridgehead atoms. The molecule has 1 aromatic heterocycles. The Hall–Kier alpha value is -2.54. The fourth-order valence-electron chi connectivity index (χ4n) is 2.89. The number of rotatable bonds is 8. The van der Waals surface area contributed by atoms with Gasteiger partial charge < -0.3 is 14.2 Å². The molecule has 0 aliphatic rings. The van der Waals surface area contributed by atoms with E-state index in [0.29, 0.717) is 16.0 Å². The molecule has 0 saturated carbocycles. The van der Waals surface area contributed by atoms with Crippen LogP contribution in [0.5, 0.6) is 0 Å². The van der Waals surface area contributed by atoms with E-state index in [1.54, 1.807) is 38.4 Å². The molecular weight excluding hydrogens is 376 g/mol. The minimum absolute atomic E-state index is 0.0466. The Morgan fingerprint density at radius 1 is 1.11 bits per heavy atom. The molecule has 28 heavy (non-hydrogen) atoms. The van der Waals surface area contributed by atoms with Gasteiger partial charge in [0.2, 0.25) is 11.7 Å². The summed E-state index contributed by atoms with van der Waals surface area (Å²) in [7, 11) is 3.37. The number of Topliss-reactive ketones (excluding diaryl/α,β-unsaturated/α-hetero) is 1. The van der Waals surface area contributed by atoms with Crippen LogP contribution >= 0.6 is 11.8 Å². The lowest BCUT2D eigenvalue weighted by Gasteiger charge is -2.12. The zero-order valence-electron chi connectivity index (χ0n) is 16.9. The van der Waals surface area contributed by atoms with Gasteiger partial charge in [0.15, 0.2) is 6.61 Å². The number of benzene rings is 1. The lowest BCUT2D eigenvalue weighted by molar-refractivity contribution is -0.125. The van der Waals surface area contributed by atoms with E-state index in [-0.39, 0.29) is 24.1 Å². The number of ketones is 1. The first kappa shape index (κ1) is 21.8. The molecule has 1 amide bonds. The molecule has 2 rings (SSSR count). The number of amides is 1. The number of carbonyl (C=O) groups is 3. The van der Waals surface area contributed by atoms with Crippen molar-refractivity contribution in [3.8, 4) is 0 Å². The second-order valence-corrected chi connectivity index (χ2v) is 7.62. The van der Waals surface area contributed by atoms with Crippen LogP contribution in [0.15, 0.2) is 35.2 Å². The first-order valence-electron chi connectivity index (χ1n) is 9.05. The summed E-state index contributed by atoms with van der Waals surface area (Å²) in [5.74, 6) is -0.624. The number of aryl methyl sites for hydroxylation is 1. The summed E-state index contributed by atoms with van der Waals surface area (Å²) >= 11 is 1.27.